The van der Waals surface area contributed by atoms with Gasteiger partial charge in [-0.2, -0.15) is 0 Å². The molecule has 0 radical (unpaired) electrons. The Morgan fingerprint density at radius 3 is 2.00 bits per heavy atom. The maximum absolute atomic E-state index is 2.27. The predicted octanol–water partition coefficient (Wildman–Crippen LogP) is 5.52. The largest absolute Gasteiger partial charge is 0.143 e. The second kappa shape index (κ2) is 3.56. The SMILES string of the molecule is Cc1csc2c3ccccc3c3ccccc3c12. The van der Waals surface area contributed by atoms with Gasteiger partial charge in [-0.1, -0.05) is 48.5 Å². The van der Waals surface area contributed by atoms with Crippen molar-refractivity contribution in [3.05, 3.63) is 59.5 Å². The van der Waals surface area contributed by atoms with Gasteiger partial charge in [-0.3, -0.25) is 0 Å². The van der Waals surface area contributed by atoms with Crippen LogP contribution >= 0.6 is 11.3 Å². The number of hydrogen-bond acceptors (Lipinski definition) is 1. The quantitative estimate of drug-likeness (QED) is 0.360. The highest BCUT2D eigenvalue weighted by Gasteiger charge is 2.10. The first-order valence-corrected chi connectivity index (χ1v) is 7.01. The zero-order valence-electron chi connectivity index (χ0n) is 10.1. The Balaban J connectivity index is 2.48. The lowest BCUT2D eigenvalue weighted by atomic mass is 9.97. The smallest absolute Gasteiger partial charge is 0.0430 e. The molecule has 0 aliphatic heterocycles. The van der Waals surface area contributed by atoms with Crippen LogP contribution in [0.2, 0.25) is 0 Å². The maximum Gasteiger partial charge on any atom is 0.0430 e. The van der Waals surface area contributed by atoms with E-state index in [0.717, 1.165) is 0 Å². The molecule has 0 amide bonds. The van der Waals surface area contributed by atoms with Gasteiger partial charge in [0.15, 0.2) is 0 Å². The molecule has 0 aliphatic carbocycles. The number of rotatable bonds is 0. The second-order valence-electron chi connectivity index (χ2n) is 4.71. The predicted molar refractivity (Wildman–Crippen MR) is 81.6 cm³/mol. The van der Waals surface area contributed by atoms with E-state index in [1.807, 2.05) is 11.3 Å². The van der Waals surface area contributed by atoms with Crippen LogP contribution < -0.4 is 0 Å². The van der Waals surface area contributed by atoms with Gasteiger partial charge in [-0.25, -0.2) is 0 Å². The van der Waals surface area contributed by atoms with Gasteiger partial charge in [0, 0.05) is 15.5 Å². The van der Waals surface area contributed by atoms with Crippen LogP contribution in [0.1, 0.15) is 5.56 Å². The minimum Gasteiger partial charge on any atom is -0.143 e. The summed E-state index contributed by atoms with van der Waals surface area (Å²) in [6.45, 7) is 2.21. The molecular formula is C17H12S. The van der Waals surface area contributed by atoms with Gasteiger partial charge >= 0.3 is 0 Å². The zero-order valence-corrected chi connectivity index (χ0v) is 10.9. The summed E-state index contributed by atoms with van der Waals surface area (Å²) in [7, 11) is 0. The van der Waals surface area contributed by atoms with Crippen molar-refractivity contribution in [2.75, 3.05) is 0 Å². The number of aryl methyl sites for hydroxylation is 1. The summed E-state index contributed by atoms with van der Waals surface area (Å²) in [4.78, 5) is 0. The van der Waals surface area contributed by atoms with E-state index in [1.54, 1.807) is 0 Å². The average molecular weight is 248 g/mol. The fourth-order valence-electron chi connectivity index (χ4n) is 2.83. The first kappa shape index (κ1) is 10.1. The van der Waals surface area contributed by atoms with Crippen molar-refractivity contribution in [3.63, 3.8) is 0 Å². The molecule has 0 spiro atoms. The van der Waals surface area contributed by atoms with Gasteiger partial charge in [0.1, 0.15) is 0 Å². The Morgan fingerprint density at radius 2 is 1.28 bits per heavy atom. The molecule has 18 heavy (non-hydrogen) atoms. The molecule has 0 saturated carbocycles. The molecule has 3 aromatic carbocycles. The Kier molecular flexibility index (Phi) is 2.00. The van der Waals surface area contributed by atoms with Gasteiger partial charge in [0.25, 0.3) is 0 Å². The van der Waals surface area contributed by atoms with Crippen LogP contribution in [-0.4, -0.2) is 0 Å². The van der Waals surface area contributed by atoms with E-state index in [1.165, 1.54) is 37.2 Å². The first-order valence-electron chi connectivity index (χ1n) is 6.13. The zero-order chi connectivity index (χ0) is 12.1. The molecule has 1 heteroatoms. The van der Waals surface area contributed by atoms with Crippen LogP contribution in [-0.2, 0) is 0 Å². The van der Waals surface area contributed by atoms with Gasteiger partial charge in [-0.05, 0) is 34.0 Å². The van der Waals surface area contributed by atoms with E-state index in [4.69, 9.17) is 0 Å². The molecule has 4 rings (SSSR count). The van der Waals surface area contributed by atoms with Crippen LogP contribution in [0.5, 0.6) is 0 Å². The normalized spacial score (nSPS) is 11.6. The van der Waals surface area contributed by atoms with Gasteiger partial charge in [0.2, 0.25) is 0 Å². The molecule has 0 unspecified atom stereocenters. The summed E-state index contributed by atoms with van der Waals surface area (Å²) in [5.41, 5.74) is 1.39. The first-order chi connectivity index (χ1) is 8.86. The van der Waals surface area contributed by atoms with Gasteiger partial charge in [0.05, 0.1) is 0 Å². The lowest BCUT2D eigenvalue weighted by Crippen LogP contribution is -1.80. The molecule has 0 saturated heterocycles. The fraction of sp³-hybridized carbons (Fsp3) is 0.0588. The molecule has 4 aromatic rings. The van der Waals surface area contributed by atoms with E-state index in [2.05, 4.69) is 60.8 Å². The number of thiophene rings is 1. The molecule has 1 heterocycles. The van der Waals surface area contributed by atoms with Crippen molar-refractivity contribution in [2.24, 2.45) is 0 Å². The van der Waals surface area contributed by atoms with Crippen molar-refractivity contribution in [1.82, 2.24) is 0 Å². The minimum atomic E-state index is 1.36. The van der Waals surface area contributed by atoms with Crippen LogP contribution in [0.15, 0.2) is 53.9 Å². The number of hydrogen-bond donors (Lipinski definition) is 0. The summed E-state index contributed by atoms with van der Waals surface area (Å²) < 4.78 is 1.42. The third kappa shape index (κ3) is 1.20. The van der Waals surface area contributed by atoms with Crippen molar-refractivity contribution in [3.8, 4) is 0 Å². The minimum absolute atomic E-state index is 1.36. The summed E-state index contributed by atoms with van der Waals surface area (Å²) in [5, 5.41) is 9.18. The molecule has 0 nitrogen and oxygen atoms in total. The molecule has 0 bridgehead atoms. The molecule has 0 aliphatic rings. The molecule has 1 aromatic heterocycles. The van der Waals surface area contributed by atoms with Crippen LogP contribution in [0.25, 0.3) is 31.6 Å². The molecular weight excluding hydrogens is 236 g/mol. The topological polar surface area (TPSA) is 0 Å². The summed E-state index contributed by atoms with van der Waals surface area (Å²) in [5.74, 6) is 0. The highest BCUT2D eigenvalue weighted by Crippen LogP contribution is 2.39. The van der Waals surface area contributed by atoms with E-state index >= 15 is 0 Å². The highest BCUT2D eigenvalue weighted by atomic mass is 32.1. The van der Waals surface area contributed by atoms with E-state index in [0.29, 0.717) is 0 Å². The Morgan fingerprint density at radius 1 is 0.722 bits per heavy atom. The molecule has 0 fully saturated rings. The maximum atomic E-state index is 2.27. The fourth-order valence-corrected chi connectivity index (χ4v) is 3.94. The van der Waals surface area contributed by atoms with Gasteiger partial charge in [-0.15, -0.1) is 11.3 Å². The standard InChI is InChI=1S/C17H12S/c1-11-10-18-17-15-9-5-3-7-13(15)12-6-2-4-8-14(12)16(11)17/h2-10H,1H3. The lowest BCUT2D eigenvalue weighted by molar-refractivity contribution is 1.61. The summed E-state index contributed by atoms with van der Waals surface area (Å²) >= 11 is 1.86. The van der Waals surface area contributed by atoms with E-state index < -0.39 is 0 Å². The van der Waals surface area contributed by atoms with E-state index in [-0.39, 0.29) is 0 Å². The lowest BCUT2D eigenvalue weighted by Gasteiger charge is -2.07. The third-order valence-electron chi connectivity index (χ3n) is 3.63. The number of fused-ring (bicyclic) bond motifs is 6. The van der Waals surface area contributed by atoms with Crippen molar-refractivity contribution < 1.29 is 0 Å². The van der Waals surface area contributed by atoms with Crippen LogP contribution in [0.4, 0.5) is 0 Å². The Hall–Kier alpha value is -1.86. The van der Waals surface area contributed by atoms with E-state index in [9.17, 15) is 0 Å². The van der Waals surface area contributed by atoms with Crippen LogP contribution in [0, 0.1) is 6.92 Å². The van der Waals surface area contributed by atoms with Crippen LogP contribution in [0.3, 0.4) is 0 Å². The highest BCUT2D eigenvalue weighted by molar-refractivity contribution is 7.18. The van der Waals surface area contributed by atoms with Crippen molar-refractivity contribution in [1.29, 1.82) is 0 Å². The summed E-state index contributed by atoms with van der Waals surface area (Å²) in [6, 6.07) is 17.5. The molecule has 0 atom stereocenters. The summed E-state index contributed by atoms with van der Waals surface area (Å²) in [6.07, 6.45) is 0. The Labute approximate surface area is 109 Å². The second-order valence-corrected chi connectivity index (χ2v) is 5.59. The monoisotopic (exact) mass is 248 g/mol. The van der Waals surface area contributed by atoms with Crippen molar-refractivity contribution >= 4 is 43.0 Å². The molecule has 0 N–H and O–H groups in total. The average Bonchev–Trinajstić information content (AvgIpc) is 2.82. The van der Waals surface area contributed by atoms with Gasteiger partial charge < -0.3 is 0 Å². The molecule has 86 valence electrons. The van der Waals surface area contributed by atoms with Crippen molar-refractivity contribution in [2.45, 2.75) is 6.92 Å². The Bertz CT molecular complexity index is 884. The third-order valence-corrected chi connectivity index (χ3v) is 4.76. The number of benzene rings is 3.